The predicted molar refractivity (Wildman–Crippen MR) is 69.3 cm³/mol. The van der Waals surface area contributed by atoms with E-state index in [1.54, 1.807) is 31.2 Å². The maximum atomic E-state index is 12.1. The molecule has 0 fully saturated rings. The van der Waals surface area contributed by atoms with Crippen LogP contribution in [0.5, 0.6) is 0 Å². The van der Waals surface area contributed by atoms with Crippen LogP contribution in [0.1, 0.15) is 16.1 Å². The lowest BCUT2D eigenvalue weighted by Gasteiger charge is -2.14. The lowest BCUT2D eigenvalue weighted by molar-refractivity contribution is -0.389. The number of halogens is 1. The van der Waals surface area contributed by atoms with Gasteiger partial charge < -0.3 is 15.0 Å². The zero-order valence-electron chi connectivity index (χ0n) is 10.7. The Morgan fingerprint density at radius 1 is 1.65 bits per heavy atom. The molecule has 0 aromatic carbocycles. The summed E-state index contributed by atoms with van der Waals surface area (Å²) >= 11 is 5.77. The van der Waals surface area contributed by atoms with Crippen molar-refractivity contribution in [1.82, 2.24) is 24.9 Å². The number of carbonyl (C=O) groups excluding carboxylic acids is 1. The Morgan fingerprint density at radius 2 is 2.35 bits per heavy atom. The molecule has 1 amide bonds. The maximum Gasteiger partial charge on any atom is 0.362 e. The Hall–Kier alpha value is -2.42. The SMILES string of the molecule is CN(Cc1cnn(C)c1)C(=O)c1n[nH]c([N+](=O)[O-])c1Cl. The molecule has 0 saturated carbocycles. The number of aryl methyl sites for hydroxylation is 1. The van der Waals surface area contributed by atoms with Crippen LogP contribution >= 0.6 is 11.6 Å². The van der Waals surface area contributed by atoms with Crippen LogP contribution < -0.4 is 0 Å². The molecule has 2 aromatic heterocycles. The Kier molecular flexibility index (Phi) is 3.70. The standard InChI is InChI=1S/C10H11ClN6O3/c1-15(4-6-3-12-16(2)5-6)10(18)8-7(11)9(14-13-8)17(19)20/h3,5H,4H2,1-2H3,(H,13,14). The van der Waals surface area contributed by atoms with Gasteiger partial charge in [0.15, 0.2) is 10.7 Å². The molecular weight excluding hydrogens is 288 g/mol. The van der Waals surface area contributed by atoms with Crippen molar-refractivity contribution in [2.24, 2.45) is 7.05 Å². The lowest BCUT2D eigenvalue weighted by Crippen LogP contribution is -2.26. The molecule has 2 aromatic rings. The van der Waals surface area contributed by atoms with E-state index in [2.05, 4.69) is 15.3 Å². The van der Waals surface area contributed by atoms with Gasteiger partial charge in [-0.15, -0.1) is 5.10 Å². The fourth-order valence-corrected chi connectivity index (χ4v) is 1.90. The highest BCUT2D eigenvalue weighted by molar-refractivity contribution is 6.35. The first-order valence-corrected chi connectivity index (χ1v) is 5.89. The van der Waals surface area contributed by atoms with E-state index in [9.17, 15) is 14.9 Å². The molecule has 9 nitrogen and oxygen atoms in total. The smallest absolute Gasteiger partial charge is 0.358 e. The highest BCUT2D eigenvalue weighted by Crippen LogP contribution is 2.25. The molecule has 0 spiro atoms. The van der Waals surface area contributed by atoms with Crippen molar-refractivity contribution in [3.05, 3.63) is 38.8 Å². The molecule has 106 valence electrons. The fraction of sp³-hybridized carbons (Fsp3) is 0.300. The van der Waals surface area contributed by atoms with E-state index in [-0.39, 0.29) is 10.7 Å². The number of hydrogen-bond acceptors (Lipinski definition) is 5. The minimum absolute atomic E-state index is 0.176. The van der Waals surface area contributed by atoms with E-state index in [1.165, 1.54) is 4.90 Å². The summed E-state index contributed by atoms with van der Waals surface area (Å²) in [6, 6.07) is 0. The summed E-state index contributed by atoms with van der Waals surface area (Å²) in [5.74, 6) is -1.01. The third-order valence-corrected chi connectivity index (χ3v) is 2.96. The largest absolute Gasteiger partial charge is 0.362 e. The summed E-state index contributed by atoms with van der Waals surface area (Å²) in [5, 5.41) is 20.1. The average Bonchev–Trinajstić information content (AvgIpc) is 2.94. The second-order valence-electron chi connectivity index (χ2n) is 4.18. The van der Waals surface area contributed by atoms with Gasteiger partial charge in [-0.05, 0) is 4.92 Å². The summed E-state index contributed by atoms with van der Waals surface area (Å²) in [4.78, 5) is 23.4. The third kappa shape index (κ3) is 2.62. The van der Waals surface area contributed by atoms with Crippen LogP contribution in [0.15, 0.2) is 12.4 Å². The first-order chi connectivity index (χ1) is 9.40. The van der Waals surface area contributed by atoms with Crippen LogP contribution in [-0.4, -0.2) is 42.8 Å². The monoisotopic (exact) mass is 298 g/mol. The number of carbonyl (C=O) groups is 1. The third-order valence-electron chi connectivity index (χ3n) is 2.60. The van der Waals surface area contributed by atoms with Crippen molar-refractivity contribution in [1.29, 1.82) is 0 Å². The first kappa shape index (κ1) is 14.0. The van der Waals surface area contributed by atoms with E-state index in [0.29, 0.717) is 6.54 Å². The quantitative estimate of drug-likeness (QED) is 0.668. The zero-order chi connectivity index (χ0) is 14.9. The van der Waals surface area contributed by atoms with Crippen molar-refractivity contribution in [2.75, 3.05) is 7.05 Å². The van der Waals surface area contributed by atoms with Crippen LogP contribution in [0, 0.1) is 10.1 Å². The van der Waals surface area contributed by atoms with Gasteiger partial charge in [-0.2, -0.15) is 5.10 Å². The summed E-state index contributed by atoms with van der Waals surface area (Å²) in [6.45, 7) is 0.295. The highest BCUT2D eigenvalue weighted by Gasteiger charge is 2.27. The number of H-pyrrole nitrogens is 1. The van der Waals surface area contributed by atoms with Gasteiger partial charge in [-0.1, -0.05) is 16.7 Å². The second-order valence-corrected chi connectivity index (χ2v) is 4.55. The molecular formula is C10H11ClN6O3. The number of hydrogen-bond donors (Lipinski definition) is 1. The molecule has 0 aliphatic heterocycles. The summed E-state index contributed by atoms with van der Waals surface area (Å²) in [7, 11) is 3.31. The van der Waals surface area contributed by atoms with E-state index in [1.807, 2.05) is 0 Å². The van der Waals surface area contributed by atoms with Crippen molar-refractivity contribution in [3.8, 4) is 0 Å². The molecule has 10 heteroatoms. The van der Waals surface area contributed by atoms with Gasteiger partial charge in [-0.25, -0.2) is 0 Å². The predicted octanol–water partition coefficient (Wildman–Crippen LogP) is 0.977. The Balaban J connectivity index is 2.16. The lowest BCUT2D eigenvalue weighted by atomic mass is 10.3. The number of amides is 1. The zero-order valence-corrected chi connectivity index (χ0v) is 11.5. The first-order valence-electron chi connectivity index (χ1n) is 5.51. The number of aromatic nitrogens is 4. The van der Waals surface area contributed by atoms with E-state index < -0.39 is 16.6 Å². The van der Waals surface area contributed by atoms with Gasteiger partial charge in [-0.3, -0.25) is 9.48 Å². The van der Waals surface area contributed by atoms with E-state index >= 15 is 0 Å². The molecule has 20 heavy (non-hydrogen) atoms. The molecule has 0 aliphatic carbocycles. The van der Waals surface area contributed by atoms with Gasteiger partial charge >= 0.3 is 5.82 Å². The van der Waals surface area contributed by atoms with Crippen molar-refractivity contribution >= 4 is 23.3 Å². The topological polar surface area (TPSA) is 110 Å². The van der Waals surface area contributed by atoms with Crippen LogP contribution in [0.4, 0.5) is 5.82 Å². The molecule has 0 radical (unpaired) electrons. The van der Waals surface area contributed by atoms with E-state index in [0.717, 1.165) is 5.56 Å². The van der Waals surface area contributed by atoms with Gasteiger partial charge in [0, 0.05) is 32.4 Å². The second kappa shape index (κ2) is 5.29. The number of nitrogens with zero attached hydrogens (tertiary/aromatic N) is 5. The minimum atomic E-state index is -0.729. The van der Waals surface area contributed by atoms with Crippen LogP contribution in [0.2, 0.25) is 5.02 Å². The summed E-state index contributed by atoms with van der Waals surface area (Å²) in [5.41, 5.74) is 0.647. The molecule has 2 rings (SSSR count). The van der Waals surface area contributed by atoms with Gasteiger partial charge in [0.1, 0.15) is 0 Å². The summed E-state index contributed by atoms with van der Waals surface area (Å²) < 4.78 is 1.61. The van der Waals surface area contributed by atoms with Crippen LogP contribution in [0.3, 0.4) is 0 Å². The van der Waals surface area contributed by atoms with Gasteiger partial charge in [0.25, 0.3) is 5.91 Å². The number of nitro groups is 1. The molecule has 0 unspecified atom stereocenters. The van der Waals surface area contributed by atoms with Crippen molar-refractivity contribution < 1.29 is 9.72 Å². The van der Waals surface area contributed by atoms with E-state index in [4.69, 9.17) is 11.6 Å². The normalized spacial score (nSPS) is 10.6. The maximum absolute atomic E-state index is 12.1. The number of nitrogens with one attached hydrogen (secondary N) is 1. The van der Waals surface area contributed by atoms with Gasteiger partial charge in [0.05, 0.1) is 6.20 Å². The van der Waals surface area contributed by atoms with Crippen LogP contribution in [0.25, 0.3) is 0 Å². The Labute approximate surface area is 118 Å². The Bertz CT molecular complexity index is 664. The van der Waals surface area contributed by atoms with Crippen molar-refractivity contribution in [2.45, 2.75) is 6.54 Å². The van der Waals surface area contributed by atoms with Crippen molar-refractivity contribution in [3.63, 3.8) is 0 Å². The summed E-state index contributed by atoms with van der Waals surface area (Å²) in [6.07, 6.45) is 3.39. The highest BCUT2D eigenvalue weighted by atomic mass is 35.5. The van der Waals surface area contributed by atoms with Crippen LogP contribution in [-0.2, 0) is 13.6 Å². The molecule has 0 bridgehead atoms. The van der Waals surface area contributed by atoms with Gasteiger partial charge in [0.2, 0.25) is 0 Å². The molecule has 0 saturated heterocycles. The molecule has 2 heterocycles. The minimum Gasteiger partial charge on any atom is -0.358 e. The average molecular weight is 299 g/mol. The fourth-order valence-electron chi connectivity index (χ4n) is 1.66. The molecule has 0 aliphatic rings. The molecule has 0 atom stereocenters. The number of aromatic amines is 1. The molecule has 1 N–H and O–H groups in total. The Morgan fingerprint density at radius 3 is 2.85 bits per heavy atom. The number of rotatable bonds is 4.